The van der Waals surface area contributed by atoms with Crippen molar-refractivity contribution in [2.45, 2.75) is 19.3 Å². The van der Waals surface area contributed by atoms with E-state index in [4.69, 9.17) is 19.4 Å². The van der Waals surface area contributed by atoms with E-state index in [1.165, 1.54) is 42.1 Å². The van der Waals surface area contributed by atoms with Gasteiger partial charge in [0.25, 0.3) is 0 Å². The molecule has 3 aromatic heterocycles. The lowest BCUT2D eigenvalue weighted by Crippen LogP contribution is -2.06. The highest BCUT2D eigenvalue weighted by Gasteiger charge is 2.24. The van der Waals surface area contributed by atoms with Crippen LogP contribution in [-0.4, -0.2) is 15.0 Å². The highest BCUT2D eigenvalue weighted by Crippen LogP contribution is 2.44. The summed E-state index contributed by atoms with van der Waals surface area (Å²) >= 11 is 1.81. The first-order valence-electron chi connectivity index (χ1n) is 19.5. The second kappa shape index (κ2) is 12.5. The van der Waals surface area contributed by atoms with Crippen molar-refractivity contribution >= 4 is 81.1 Å². The molecule has 0 radical (unpaired) electrons. The van der Waals surface area contributed by atoms with Gasteiger partial charge < -0.3 is 4.42 Å². The Morgan fingerprint density at radius 3 is 2.05 bits per heavy atom. The zero-order chi connectivity index (χ0) is 37.6. The maximum absolute atomic E-state index is 6.32. The number of hydrogen-bond donors (Lipinski definition) is 0. The summed E-state index contributed by atoms with van der Waals surface area (Å²) in [5, 5.41) is 9.45. The number of aromatic nitrogens is 3. The minimum absolute atomic E-state index is 0.374. The molecule has 0 bridgehead atoms. The van der Waals surface area contributed by atoms with Crippen LogP contribution >= 0.6 is 11.3 Å². The number of hydrogen-bond acceptors (Lipinski definition) is 5. The predicted octanol–water partition coefficient (Wildman–Crippen LogP) is 14.6. The Bertz CT molecular complexity index is 3480. The van der Waals surface area contributed by atoms with E-state index in [2.05, 4.69) is 159 Å². The molecule has 268 valence electrons. The zero-order valence-corrected chi connectivity index (χ0v) is 31.8. The number of allylic oxidation sites excluding steroid dienone is 1. The molecule has 0 spiro atoms. The van der Waals surface area contributed by atoms with Crippen LogP contribution < -0.4 is 0 Å². The van der Waals surface area contributed by atoms with Gasteiger partial charge in [0.1, 0.15) is 11.2 Å². The largest absolute Gasteiger partial charge is 0.456 e. The van der Waals surface area contributed by atoms with Gasteiger partial charge in [-0.2, -0.15) is 0 Å². The summed E-state index contributed by atoms with van der Waals surface area (Å²) in [4.78, 5) is 16.1. The SMILES string of the molecule is CC1CC=Cc2c(-c3nc(-c4ccc5c(c4)sc4ccccc45)nc(-c4cccc5c(-c6cccc7oc8ccccc8c67)cccc45)n3)cc3ccccc3c21. The molecule has 0 N–H and O–H groups in total. The third-order valence-corrected chi connectivity index (χ3v) is 12.9. The van der Waals surface area contributed by atoms with Crippen molar-refractivity contribution < 1.29 is 4.42 Å². The van der Waals surface area contributed by atoms with Crippen molar-refractivity contribution in [2.75, 3.05) is 0 Å². The van der Waals surface area contributed by atoms with Crippen LogP contribution in [0.3, 0.4) is 0 Å². The molecule has 1 unspecified atom stereocenters. The molecule has 11 aromatic rings. The first-order valence-corrected chi connectivity index (χ1v) is 20.3. The Morgan fingerprint density at radius 1 is 0.509 bits per heavy atom. The number of rotatable bonds is 4. The number of fused-ring (bicyclic) bond motifs is 10. The first-order chi connectivity index (χ1) is 28.2. The van der Waals surface area contributed by atoms with E-state index in [0.29, 0.717) is 23.4 Å². The van der Waals surface area contributed by atoms with E-state index in [-0.39, 0.29) is 0 Å². The van der Waals surface area contributed by atoms with E-state index in [0.717, 1.165) is 66.9 Å². The van der Waals surface area contributed by atoms with E-state index in [1.54, 1.807) is 0 Å². The van der Waals surface area contributed by atoms with Crippen molar-refractivity contribution in [3.05, 3.63) is 169 Å². The summed E-state index contributed by atoms with van der Waals surface area (Å²) in [5.41, 5.74) is 9.55. The minimum atomic E-state index is 0.374. The van der Waals surface area contributed by atoms with Gasteiger partial charge in [-0.25, -0.2) is 15.0 Å². The molecule has 0 aliphatic heterocycles. The molecule has 5 heteroatoms. The molecule has 0 saturated heterocycles. The van der Waals surface area contributed by atoms with Crippen LogP contribution in [0.5, 0.6) is 0 Å². The maximum Gasteiger partial charge on any atom is 0.164 e. The topological polar surface area (TPSA) is 51.8 Å². The van der Waals surface area contributed by atoms with E-state index < -0.39 is 0 Å². The fraction of sp³-hybridized carbons (Fsp3) is 0.0577. The molecule has 1 aliphatic rings. The first kappa shape index (κ1) is 32.3. The van der Waals surface area contributed by atoms with Gasteiger partial charge in [-0.05, 0) is 86.5 Å². The van der Waals surface area contributed by atoms with Gasteiger partial charge >= 0.3 is 0 Å². The van der Waals surface area contributed by atoms with Gasteiger partial charge in [-0.3, -0.25) is 0 Å². The highest BCUT2D eigenvalue weighted by atomic mass is 32.1. The lowest BCUT2D eigenvalue weighted by Gasteiger charge is -2.23. The van der Waals surface area contributed by atoms with Crippen LogP contribution in [0.15, 0.2) is 162 Å². The monoisotopic (exact) mass is 747 g/mol. The lowest BCUT2D eigenvalue weighted by molar-refractivity contribution is 0.669. The Balaban J connectivity index is 1.11. The molecule has 0 fully saturated rings. The Hall–Kier alpha value is -6.95. The van der Waals surface area contributed by atoms with Crippen LogP contribution in [-0.2, 0) is 0 Å². The van der Waals surface area contributed by atoms with Crippen LogP contribution in [0.2, 0.25) is 0 Å². The number of thiophene rings is 1. The van der Waals surface area contributed by atoms with Gasteiger partial charge in [0.2, 0.25) is 0 Å². The molecular weight excluding hydrogens is 715 g/mol. The van der Waals surface area contributed by atoms with E-state index in [1.807, 2.05) is 23.5 Å². The molecule has 1 atom stereocenters. The molecule has 0 saturated carbocycles. The molecule has 8 aromatic carbocycles. The fourth-order valence-corrected chi connectivity index (χ4v) is 10.3. The van der Waals surface area contributed by atoms with Crippen molar-refractivity contribution in [3.63, 3.8) is 0 Å². The average molecular weight is 748 g/mol. The summed E-state index contributed by atoms with van der Waals surface area (Å²) in [6.07, 6.45) is 5.57. The Morgan fingerprint density at radius 2 is 1.16 bits per heavy atom. The second-order valence-corrected chi connectivity index (χ2v) is 16.2. The van der Waals surface area contributed by atoms with Gasteiger partial charge in [-0.15, -0.1) is 11.3 Å². The van der Waals surface area contributed by atoms with Gasteiger partial charge in [0.15, 0.2) is 17.5 Å². The zero-order valence-electron chi connectivity index (χ0n) is 31.0. The summed E-state index contributed by atoms with van der Waals surface area (Å²) in [7, 11) is 0. The van der Waals surface area contributed by atoms with Crippen LogP contribution in [0.25, 0.3) is 115 Å². The maximum atomic E-state index is 6.32. The molecule has 0 amide bonds. The van der Waals surface area contributed by atoms with Gasteiger partial charge in [0.05, 0.1) is 0 Å². The number of furan rings is 1. The highest BCUT2D eigenvalue weighted by molar-refractivity contribution is 7.25. The summed E-state index contributed by atoms with van der Waals surface area (Å²) < 4.78 is 8.81. The number of benzene rings is 8. The lowest BCUT2D eigenvalue weighted by atomic mass is 9.82. The molecular formula is C52H33N3OS. The Labute approximate surface area is 332 Å². The summed E-state index contributed by atoms with van der Waals surface area (Å²) in [5.74, 6) is 2.36. The third kappa shape index (κ3) is 5.02. The fourth-order valence-electron chi connectivity index (χ4n) is 9.14. The number of nitrogens with zero attached hydrogens (tertiary/aromatic N) is 3. The molecule has 1 aliphatic carbocycles. The van der Waals surface area contributed by atoms with Crippen LogP contribution in [0.4, 0.5) is 0 Å². The smallest absolute Gasteiger partial charge is 0.164 e. The summed E-state index contributed by atoms with van der Waals surface area (Å²) in [6, 6.07) is 53.9. The van der Waals surface area contributed by atoms with Gasteiger partial charge in [-0.1, -0.05) is 140 Å². The van der Waals surface area contributed by atoms with Crippen LogP contribution in [0.1, 0.15) is 30.4 Å². The molecule has 57 heavy (non-hydrogen) atoms. The second-order valence-electron chi connectivity index (χ2n) is 15.1. The molecule has 4 nitrogen and oxygen atoms in total. The van der Waals surface area contributed by atoms with Crippen molar-refractivity contribution in [3.8, 4) is 45.3 Å². The van der Waals surface area contributed by atoms with Crippen molar-refractivity contribution in [1.82, 2.24) is 15.0 Å². The quantitative estimate of drug-likeness (QED) is 0.180. The minimum Gasteiger partial charge on any atom is -0.456 e. The molecule has 3 heterocycles. The van der Waals surface area contributed by atoms with E-state index in [9.17, 15) is 0 Å². The third-order valence-electron chi connectivity index (χ3n) is 11.8. The predicted molar refractivity (Wildman–Crippen MR) is 239 cm³/mol. The standard InChI is InChI=1S/C52H33N3OS/c1-30-12-8-20-40-43(28-31-13-2-3-14-33(31)48(30)40)52-54-50(32-26-27-38-37-15-5-7-25-46(37)57-47(38)29-32)53-51(55-52)41-22-10-17-34-35(18-9-19-36(34)41)39-21-11-24-45-49(39)42-16-4-6-23-44(42)56-45/h2-11,13-30H,12H2,1H3. The van der Waals surface area contributed by atoms with E-state index >= 15 is 0 Å². The normalized spacial score (nSPS) is 14.1. The Kier molecular flexibility index (Phi) is 7.10. The number of para-hydroxylation sites is 1. The molecule has 12 rings (SSSR count). The van der Waals surface area contributed by atoms with Crippen LogP contribution in [0, 0.1) is 0 Å². The van der Waals surface area contributed by atoms with Crippen molar-refractivity contribution in [2.24, 2.45) is 0 Å². The van der Waals surface area contributed by atoms with Gasteiger partial charge in [0, 0.05) is 47.6 Å². The summed E-state index contributed by atoms with van der Waals surface area (Å²) in [6.45, 7) is 2.32. The average Bonchev–Trinajstić information content (AvgIpc) is 3.84. The van der Waals surface area contributed by atoms with Crippen molar-refractivity contribution in [1.29, 1.82) is 0 Å².